The fourth-order valence-corrected chi connectivity index (χ4v) is 8.40. The molecule has 2 aromatic carbocycles. The van der Waals surface area contributed by atoms with Gasteiger partial charge in [-0.25, -0.2) is 23.1 Å². The van der Waals surface area contributed by atoms with Crippen LogP contribution in [0.15, 0.2) is 59.5 Å². The van der Waals surface area contributed by atoms with Crippen LogP contribution in [0.4, 0.5) is 5.95 Å². The van der Waals surface area contributed by atoms with Gasteiger partial charge < -0.3 is 14.2 Å². The molecule has 4 bridgehead atoms. The first-order chi connectivity index (χ1) is 22.6. The van der Waals surface area contributed by atoms with Gasteiger partial charge in [-0.1, -0.05) is 58.9 Å². The molecule has 1 aliphatic rings. The molecule has 0 saturated heterocycles. The number of aryl methyl sites for hydroxylation is 3. The number of halogens is 1. The maximum absolute atomic E-state index is 14.5. The third kappa shape index (κ3) is 7.61. The largest absolute Gasteiger partial charge is 0.475 e. The van der Waals surface area contributed by atoms with Gasteiger partial charge >= 0.3 is 0 Å². The van der Waals surface area contributed by atoms with Gasteiger partial charge in [-0.3, -0.25) is 4.79 Å². The summed E-state index contributed by atoms with van der Waals surface area (Å²) >= 11 is 1.57. The van der Waals surface area contributed by atoms with Crippen molar-refractivity contribution in [2.24, 2.45) is 12.5 Å². The number of anilines is 1. The van der Waals surface area contributed by atoms with Crippen molar-refractivity contribution in [3.63, 3.8) is 0 Å². The summed E-state index contributed by atoms with van der Waals surface area (Å²) < 4.78 is 39.5. The van der Waals surface area contributed by atoms with Crippen molar-refractivity contribution in [1.82, 2.24) is 24.4 Å². The number of rotatable bonds is 5. The van der Waals surface area contributed by atoms with Crippen LogP contribution in [0.2, 0.25) is 0 Å². The lowest BCUT2D eigenvalue weighted by molar-refractivity contribution is 0.0513. The first kappa shape index (κ1) is 36.3. The van der Waals surface area contributed by atoms with Crippen LogP contribution in [-0.4, -0.2) is 51.4 Å². The molecule has 49 heavy (non-hydrogen) atoms. The van der Waals surface area contributed by atoms with Crippen molar-refractivity contribution in [3.8, 4) is 17.1 Å². The molecule has 0 saturated carbocycles. The van der Waals surface area contributed by atoms with E-state index in [9.17, 15) is 13.2 Å². The Kier molecular flexibility index (Phi) is 10.2. The summed E-state index contributed by atoms with van der Waals surface area (Å²) in [5, 5.41) is 0.787. The number of sulfonamides is 1. The van der Waals surface area contributed by atoms with Gasteiger partial charge in [0.2, 0.25) is 11.8 Å². The molecule has 3 aromatic heterocycles. The van der Waals surface area contributed by atoms with E-state index < -0.39 is 16.1 Å². The van der Waals surface area contributed by atoms with Crippen molar-refractivity contribution in [2.45, 2.75) is 78.3 Å². The van der Waals surface area contributed by atoms with E-state index in [1.807, 2.05) is 39.1 Å². The molecule has 1 amide bonds. The molecule has 1 aliphatic heterocycles. The van der Waals surface area contributed by atoms with Crippen molar-refractivity contribution in [2.75, 3.05) is 11.3 Å². The van der Waals surface area contributed by atoms with Gasteiger partial charge in [0, 0.05) is 29.9 Å². The Bertz CT molecular complexity index is 2110. The highest BCUT2D eigenvalue weighted by molar-refractivity contribution is 7.92. The Balaban J connectivity index is 0.00000468. The van der Waals surface area contributed by atoms with Crippen LogP contribution >= 0.6 is 23.7 Å². The van der Waals surface area contributed by atoms with Crippen LogP contribution < -0.4 is 9.46 Å². The van der Waals surface area contributed by atoms with E-state index in [4.69, 9.17) is 9.72 Å². The van der Waals surface area contributed by atoms with Crippen LogP contribution in [-0.2, 0) is 23.6 Å². The molecule has 0 radical (unpaired) electrons. The Morgan fingerprint density at radius 1 is 1.02 bits per heavy atom. The minimum Gasteiger partial charge on any atom is -0.475 e. The summed E-state index contributed by atoms with van der Waals surface area (Å²) in [6, 6.07) is 15.5. The lowest BCUT2D eigenvalue weighted by Gasteiger charge is -2.35. The second-order valence-electron chi connectivity index (χ2n) is 14.1. The molecular weight excluding hydrogens is 680 g/mol. The van der Waals surface area contributed by atoms with Gasteiger partial charge in [-0.05, 0) is 67.0 Å². The van der Waals surface area contributed by atoms with Crippen molar-refractivity contribution >= 4 is 56.0 Å². The number of carbonyl (C=O) groups excluding carboxylic acids is 1. The standard InChI is InChI=1S/C36H42N6O4S2.ClH/c1-21(2)28-17-29-33(41(28)8)39-31(47-29)19-42-25(18-36(5,6)7)20-46-30-16-27(32-22(3)11-9-12-23(32)4)37-35(38-30)40-48(44,45)26-14-10-13-24(15-26)34(42)43;/h9-17,21,25H,18-20H2,1-8H3,(H,37,38,40);1H/t25-;/m1./s1. The number of hydrogen-bond donors (Lipinski definition) is 1. The molecule has 13 heteroatoms. The zero-order valence-electron chi connectivity index (χ0n) is 29.1. The van der Waals surface area contributed by atoms with E-state index in [1.54, 1.807) is 34.4 Å². The summed E-state index contributed by atoms with van der Waals surface area (Å²) in [5.41, 5.74) is 5.53. The molecule has 6 rings (SSSR count). The summed E-state index contributed by atoms with van der Waals surface area (Å²) in [6.07, 6.45) is 0.610. The number of benzene rings is 2. The van der Waals surface area contributed by atoms with Gasteiger partial charge in [-0.2, -0.15) is 4.98 Å². The molecule has 0 spiro atoms. The number of fused-ring (bicyclic) bond motifs is 5. The van der Waals surface area contributed by atoms with E-state index in [0.29, 0.717) is 18.0 Å². The zero-order valence-corrected chi connectivity index (χ0v) is 31.5. The highest BCUT2D eigenvalue weighted by Crippen LogP contribution is 2.34. The van der Waals surface area contributed by atoms with E-state index in [2.05, 4.69) is 59.9 Å². The minimum atomic E-state index is -4.16. The van der Waals surface area contributed by atoms with Crippen molar-refractivity contribution < 1.29 is 17.9 Å². The Morgan fingerprint density at radius 3 is 2.37 bits per heavy atom. The van der Waals surface area contributed by atoms with Crippen molar-refractivity contribution in [3.05, 3.63) is 82.0 Å². The van der Waals surface area contributed by atoms with Gasteiger partial charge in [0.1, 0.15) is 11.6 Å². The fraction of sp³-hybridized carbons (Fsp3) is 0.389. The maximum atomic E-state index is 14.5. The second-order valence-corrected chi connectivity index (χ2v) is 16.9. The molecule has 5 aromatic rings. The Hall–Kier alpha value is -4.00. The number of hydrogen-bond acceptors (Lipinski definition) is 8. The fourth-order valence-electron chi connectivity index (χ4n) is 6.37. The summed E-state index contributed by atoms with van der Waals surface area (Å²) in [4.78, 5) is 30.3. The van der Waals surface area contributed by atoms with E-state index in [1.165, 1.54) is 17.8 Å². The summed E-state index contributed by atoms with van der Waals surface area (Å²) in [5.74, 6) is 0.143. The molecule has 1 atom stereocenters. The molecule has 0 fully saturated rings. The van der Waals surface area contributed by atoms with Gasteiger partial charge in [-0.15, -0.1) is 23.7 Å². The number of carbonyl (C=O) groups is 1. The molecule has 0 aliphatic carbocycles. The molecule has 1 N–H and O–H groups in total. The molecule has 4 heterocycles. The third-order valence-corrected chi connectivity index (χ3v) is 10.9. The Labute approximate surface area is 298 Å². The van der Waals surface area contributed by atoms with Crippen LogP contribution in [0.1, 0.15) is 79.1 Å². The lowest BCUT2D eigenvalue weighted by Crippen LogP contribution is -2.45. The number of nitrogens with zero attached hydrogens (tertiary/aromatic N) is 5. The molecule has 10 nitrogen and oxygen atoms in total. The lowest BCUT2D eigenvalue weighted by atomic mass is 9.87. The summed E-state index contributed by atoms with van der Waals surface area (Å²) in [6.45, 7) is 15.0. The quantitative estimate of drug-likeness (QED) is 0.196. The number of ether oxygens (including phenoxy) is 1. The predicted octanol–water partition coefficient (Wildman–Crippen LogP) is 7.89. The number of thiazole rings is 1. The van der Waals surface area contributed by atoms with Crippen LogP contribution in [0, 0.1) is 19.3 Å². The average Bonchev–Trinajstić information content (AvgIpc) is 3.54. The Morgan fingerprint density at radius 2 is 1.71 bits per heavy atom. The maximum Gasteiger partial charge on any atom is 0.264 e. The average molecular weight is 723 g/mol. The first-order valence-corrected chi connectivity index (χ1v) is 18.4. The van der Waals surface area contributed by atoms with E-state index in [0.717, 1.165) is 32.0 Å². The van der Waals surface area contributed by atoms with Gasteiger partial charge in [0.15, 0.2) is 5.65 Å². The van der Waals surface area contributed by atoms with E-state index in [-0.39, 0.29) is 59.2 Å². The predicted molar refractivity (Wildman–Crippen MR) is 197 cm³/mol. The van der Waals surface area contributed by atoms with Crippen LogP contribution in [0.3, 0.4) is 0 Å². The number of aromatic nitrogens is 4. The second kappa shape index (κ2) is 13.7. The molecular formula is C36H43ClN6O4S2. The first-order valence-electron chi connectivity index (χ1n) is 16.1. The van der Waals surface area contributed by atoms with E-state index >= 15 is 0 Å². The van der Waals surface area contributed by atoms with Crippen molar-refractivity contribution in [1.29, 1.82) is 0 Å². The van der Waals surface area contributed by atoms with Gasteiger partial charge in [0.25, 0.3) is 15.9 Å². The number of amides is 1. The molecule has 260 valence electrons. The monoisotopic (exact) mass is 722 g/mol. The topological polar surface area (TPSA) is 119 Å². The minimum absolute atomic E-state index is 0. The van der Waals surface area contributed by atoms with Crippen LogP contribution in [0.25, 0.3) is 21.6 Å². The van der Waals surface area contributed by atoms with Gasteiger partial charge in [0.05, 0.1) is 27.9 Å². The zero-order chi connectivity index (χ0) is 34.5. The highest BCUT2D eigenvalue weighted by Gasteiger charge is 2.32. The summed E-state index contributed by atoms with van der Waals surface area (Å²) in [7, 11) is -2.14. The smallest absolute Gasteiger partial charge is 0.264 e. The van der Waals surface area contributed by atoms with Crippen LogP contribution in [0.5, 0.6) is 5.88 Å². The highest BCUT2D eigenvalue weighted by atomic mass is 35.5. The number of nitrogens with one attached hydrogen (secondary N) is 1. The SMILES string of the molecule is Cc1cccc(C)c1-c1cc2nc(n1)NS(=O)(=O)c1cccc(c1)C(=O)N(Cc1nc3c(cc(C(C)C)n3C)s1)[C@H](CC(C)(C)C)CO2.Cl. The molecule has 0 unspecified atom stereocenters. The third-order valence-electron chi connectivity index (χ3n) is 8.59. The normalized spacial score (nSPS) is 16.3.